The van der Waals surface area contributed by atoms with E-state index in [1.807, 2.05) is 18.2 Å². The largest absolute Gasteiger partial charge is 0.495 e. The van der Waals surface area contributed by atoms with E-state index in [9.17, 15) is 0 Å². The summed E-state index contributed by atoms with van der Waals surface area (Å²) in [5.41, 5.74) is 12.7. The van der Waals surface area contributed by atoms with E-state index in [-0.39, 0.29) is 5.41 Å². The maximum atomic E-state index is 6.35. The Morgan fingerprint density at radius 3 is 2.74 bits per heavy atom. The number of benzene rings is 2. The van der Waals surface area contributed by atoms with Crippen molar-refractivity contribution in [1.82, 2.24) is 4.98 Å². The summed E-state index contributed by atoms with van der Waals surface area (Å²) in [6.45, 7) is 4.46. The molecule has 3 nitrogen and oxygen atoms in total. The Bertz CT molecular complexity index is 940. The number of methoxy groups -OCH3 is 1. The van der Waals surface area contributed by atoms with Crippen LogP contribution >= 0.6 is 11.6 Å². The molecule has 4 heteroatoms. The second-order valence-corrected chi connectivity index (χ2v) is 7.14. The Morgan fingerprint density at radius 2 is 2.00 bits per heavy atom. The quantitative estimate of drug-likeness (QED) is 0.640. The number of fused-ring (bicyclic) bond motifs is 4. The minimum Gasteiger partial charge on any atom is -0.495 e. The first kappa shape index (κ1) is 14.5. The standard InChI is InChI=1S/C19H19ClN2O/c1-19(2)14-9-17(23-3)15(20)7-10(14)6-13-12-5-4-11(21)8-16(12)22-18(13)19/h4-5,7-9,22H,6,21H2,1-3H3. The van der Waals surface area contributed by atoms with Crippen LogP contribution < -0.4 is 10.5 Å². The third-order valence-electron chi connectivity index (χ3n) is 4.97. The third-order valence-corrected chi connectivity index (χ3v) is 5.27. The summed E-state index contributed by atoms with van der Waals surface area (Å²) in [6, 6.07) is 10.2. The normalized spacial score (nSPS) is 15.3. The number of aromatic nitrogens is 1. The molecular formula is C19H19ClN2O. The van der Waals surface area contributed by atoms with E-state index in [1.54, 1.807) is 7.11 Å². The van der Waals surface area contributed by atoms with Crippen molar-refractivity contribution in [3.63, 3.8) is 0 Å². The van der Waals surface area contributed by atoms with Crippen molar-refractivity contribution in [3.8, 4) is 5.75 Å². The molecule has 3 N–H and O–H groups in total. The summed E-state index contributed by atoms with van der Waals surface area (Å²) in [5.74, 6) is 0.724. The van der Waals surface area contributed by atoms with Crippen LogP contribution in [-0.4, -0.2) is 12.1 Å². The average molecular weight is 327 g/mol. The predicted octanol–water partition coefficient (Wildman–Crippen LogP) is 4.64. The second-order valence-electron chi connectivity index (χ2n) is 6.73. The van der Waals surface area contributed by atoms with Crippen LogP contribution in [0.3, 0.4) is 0 Å². The molecule has 0 saturated carbocycles. The van der Waals surface area contributed by atoms with E-state index in [1.165, 1.54) is 27.8 Å². The van der Waals surface area contributed by atoms with Gasteiger partial charge >= 0.3 is 0 Å². The zero-order valence-corrected chi connectivity index (χ0v) is 14.2. The van der Waals surface area contributed by atoms with Gasteiger partial charge in [-0.3, -0.25) is 0 Å². The second kappa shape index (κ2) is 4.68. The van der Waals surface area contributed by atoms with Crippen LogP contribution in [0.5, 0.6) is 5.75 Å². The summed E-state index contributed by atoms with van der Waals surface area (Å²) < 4.78 is 5.41. The van der Waals surface area contributed by atoms with Crippen molar-refractivity contribution >= 4 is 28.2 Å². The van der Waals surface area contributed by atoms with Gasteiger partial charge in [-0.05, 0) is 41.0 Å². The van der Waals surface area contributed by atoms with Crippen molar-refractivity contribution < 1.29 is 4.74 Å². The highest BCUT2D eigenvalue weighted by Crippen LogP contribution is 2.46. The molecule has 23 heavy (non-hydrogen) atoms. The van der Waals surface area contributed by atoms with Crippen molar-refractivity contribution in [1.29, 1.82) is 0 Å². The SMILES string of the molecule is COc1cc2c(cc1Cl)Cc1c([nH]c3cc(N)ccc13)C2(C)C. The lowest BCUT2D eigenvalue weighted by atomic mass is 9.72. The minimum atomic E-state index is -0.144. The van der Waals surface area contributed by atoms with Crippen LogP contribution in [0.15, 0.2) is 30.3 Å². The molecule has 1 aliphatic rings. The number of halogens is 1. The van der Waals surface area contributed by atoms with Gasteiger partial charge in [-0.25, -0.2) is 0 Å². The number of anilines is 1. The van der Waals surface area contributed by atoms with Crippen molar-refractivity contribution in [3.05, 3.63) is 57.7 Å². The highest BCUT2D eigenvalue weighted by Gasteiger charge is 2.35. The Kier molecular flexibility index (Phi) is 2.94. The van der Waals surface area contributed by atoms with E-state index in [4.69, 9.17) is 22.1 Å². The van der Waals surface area contributed by atoms with Crippen molar-refractivity contribution in [2.75, 3.05) is 12.8 Å². The van der Waals surface area contributed by atoms with Crippen LogP contribution in [0, 0.1) is 0 Å². The molecule has 1 aliphatic carbocycles. The average Bonchev–Trinajstić information content (AvgIpc) is 2.85. The zero-order chi connectivity index (χ0) is 16.4. The molecule has 0 amide bonds. The molecule has 2 aromatic carbocycles. The van der Waals surface area contributed by atoms with Crippen LogP contribution in [0.2, 0.25) is 5.02 Å². The predicted molar refractivity (Wildman–Crippen MR) is 95.6 cm³/mol. The van der Waals surface area contributed by atoms with Crippen LogP contribution in [-0.2, 0) is 11.8 Å². The zero-order valence-electron chi connectivity index (χ0n) is 13.5. The Hall–Kier alpha value is -2.13. The van der Waals surface area contributed by atoms with E-state index in [0.29, 0.717) is 5.02 Å². The summed E-state index contributed by atoms with van der Waals surface area (Å²) in [5, 5.41) is 1.90. The highest BCUT2D eigenvalue weighted by atomic mass is 35.5. The number of ether oxygens (including phenoxy) is 1. The molecule has 0 atom stereocenters. The molecule has 3 aromatic rings. The van der Waals surface area contributed by atoms with Gasteiger partial charge in [0.1, 0.15) is 5.75 Å². The minimum absolute atomic E-state index is 0.144. The maximum Gasteiger partial charge on any atom is 0.137 e. The molecule has 4 rings (SSSR count). The summed E-state index contributed by atoms with van der Waals surface area (Å²) >= 11 is 6.35. The molecule has 1 heterocycles. The fourth-order valence-electron chi connectivity index (χ4n) is 3.79. The maximum absolute atomic E-state index is 6.35. The molecule has 0 bridgehead atoms. The summed E-state index contributed by atoms with van der Waals surface area (Å²) in [6.07, 6.45) is 0.863. The lowest BCUT2D eigenvalue weighted by Gasteiger charge is -2.33. The number of rotatable bonds is 1. The van der Waals surface area contributed by atoms with Gasteiger partial charge in [0.25, 0.3) is 0 Å². The van der Waals surface area contributed by atoms with E-state index < -0.39 is 0 Å². The topological polar surface area (TPSA) is 51.0 Å². The number of nitrogens with two attached hydrogens (primary N) is 1. The molecule has 0 fully saturated rings. The monoisotopic (exact) mass is 326 g/mol. The fourth-order valence-corrected chi connectivity index (χ4v) is 4.06. The van der Waals surface area contributed by atoms with Gasteiger partial charge in [0.05, 0.1) is 12.1 Å². The summed E-state index contributed by atoms with van der Waals surface area (Å²) in [7, 11) is 1.65. The number of nitrogens with one attached hydrogen (secondary N) is 1. The molecule has 0 radical (unpaired) electrons. The molecule has 0 saturated heterocycles. The Balaban J connectivity index is 2.00. The first-order valence-electron chi connectivity index (χ1n) is 7.69. The summed E-state index contributed by atoms with van der Waals surface area (Å²) in [4.78, 5) is 3.59. The van der Waals surface area contributed by atoms with Gasteiger partial charge in [-0.15, -0.1) is 0 Å². The number of H-pyrrole nitrogens is 1. The van der Waals surface area contributed by atoms with E-state index in [2.05, 4.69) is 31.0 Å². The first-order chi connectivity index (χ1) is 10.9. The lowest BCUT2D eigenvalue weighted by molar-refractivity contribution is 0.412. The van der Waals surface area contributed by atoms with Crippen LogP contribution in [0.25, 0.3) is 10.9 Å². The highest BCUT2D eigenvalue weighted by molar-refractivity contribution is 6.32. The van der Waals surface area contributed by atoms with Crippen molar-refractivity contribution in [2.24, 2.45) is 0 Å². The number of nitrogen functional groups attached to an aromatic ring is 1. The van der Waals surface area contributed by atoms with E-state index >= 15 is 0 Å². The number of hydrogen-bond donors (Lipinski definition) is 2. The van der Waals surface area contributed by atoms with Gasteiger partial charge < -0.3 is 15.5 Å². The van der Waals surface area contributed by atoms with Gasteiger partial charge in [0, 0.05) is 34.1 Å². The fraction of sp³-hybridized carbons (Fsp3) is 0.263. The molecule has 1 aromatic heterocycles. The molecule has 118 valence electrons. The molecular weight excluding hydrogens is 308 g/mol. The third kappa shape index (κ3) is 1.96. The Morgan fingerprint density at radius 1 is 1.22 bits per heavy atom. The van der Waals surface area contributed by atoms with Gasteiger partial charge in [-0.2, -0.15) is 0 Å². The smallest absolute Gasteiger partial charge is 0.137 e. The molecule has 0 spiro atoms. The molecule has 0 aliphatic heterocycles. The number of aromatic amines is 1. The van der Waals surface area contributed by atoms with Gasteiger partial charge in [0.2, 0.25) is 0 Å². The number of hydrogen-bond acceptors (Lipinski definition) is 2. The van der Waals surface area contributed by atoms with Crippen LogP contribution in [0.4, 0.5) is 5.69 Å². The van der Waals surface area contributed by atoms with E-state index in [0.717, 1.165) is 23.4 Å². The van der Waals surface area contributed by atoms with Gasteiger partial charge in [0.15, 0.2) is 0 Å². The lowest BCUT2D eigenvalue weighted by Crippen LogP contribution is -2.27. The van der Waals surface area contributed by atoms with Crippen molar-refractivity contribution in [2.45, 2.75) is 25.7 Å². The Labute approximate surface area is 140 Å². The first-order valence-corrected chi connectivity index (χ1v) is 8.07. The van der Waals surface area contributed by atoms with Gasteiger partial charge in [-0.1, -0.05) is 31.5 Å². The van der Waals surface area contributed by atoms with Crippen LogP contribution in [0.1, 0.15) is 36.2 Å². The molecule has 0 unspecified atom stereocenters.